The van der Waals surface area contributed by atoms with Gasteiger partial charge in [0.2, 0.25) is 15.9 Å². The summed E-state index contributed by atoms with van der Waals surface area (Å²) in [6.45, 7) is 2.35. The Morgan fingerprint density at radius 3 is 2.65 bits per heavy atom. The Hall–Kier alpha value is -1.44. The molecule has 1 N–H and O–H groups in total. The van der Waals surface area contributed by atoms with Crippen LogP contribution in [0, 0.1) is 5.92 Å². The van der Waals surface area contributed by atoms with E-state index in [1.54, 1.807) is 30.3 Å². The molecular formula is C19H28N2O4S. The van der Waals surface area contributed by atoms with Crippen LogP contribution in [0.2, 0.25) is 0 Å². The first-order valence-corrected chi connectivity index (χ1v) is 11.0. The number of sulfonamides is 1. The third-order valence-electron chi connectivity index (χ3n) is 4.92. The fourth-order valence-corrected chi connectivity index (χ4v) is 4.90. The fourth-order valence-electron chi connectivity index (χ4n) is 3.22. The Morgan fingerprint density at radius 1 is 1.15 bits per heavy atom. The van der Waals surface area contributed by atoms with E-state index in [2.05, 4.69) is 5.32 Å². The molecule has 1 heterocycles. The Balaban J connectivity index is 1.53. The lowest BCUT2D eigenvalue weighted by Crippen LogP contribution is -2.51. The van der Waals surface area contributed by atoms with Gasteiger partial charge in [-0.05, 0) is 50.2 Å². The van der Waals surface area contributed by atoms with Crippen molar-refractivity contribution >= 4 is 15.9 Å². The minimum atomic E-state index is -3.65. The van der Waals surface area contributed by atoms with Crippen molar-refractivity contribution < 1.29 is 17.9 Å². The van der Waals surface area contributed by atoms with Gasteiger partial charge in [-0.1, -0.05) is 24.6 Å². The van der Waals surface area contributed by atoms with Crippen molar-refractivity contribution in [3.63, 3.8) is 0 Å². The van der Waals surface area contributed by atoms with Crippen LogP contribution in [-0.2, 0) is 19.6 Å². The van der Waals surface area contributed by atoms with Gasteiger partial charge in [-0.3, -0.25) is 4.79 Å². The molecule has 0 spiro atoms. The zero-order valence-corrected chi connectivity index (χ0v) is 15.9. The maximum Gasteiger partial charge on any atom is 0.243 e. The van der Waals surface area contributed by atoms with E-state index in [1.807, 2.05) is 0 Å². The predicted molar refractivity (Wildman–Crippen MR) is 99.1 cm³/mol. The van der Waals surface area contributed by atoms with Crippen LogP contribution in [-0.4, -0.2) is 51.0 Å². The first-order valence-electron chi connectivity index (χ1n) is 9.51. The summed E-state index contributed by atoms with van der Waals surface area (Å²) >= 11 is 0. The molecule has 2 fully saturated rings. The van der Waals surface area contributed by atoms with Gasteiger partial charge in [0.05, 0.1) is 4.90 Å². The molecule has 1 amide bonds. The van der Waals surface area contributed by atoms with Crippen molar-refractivity contribution in [3.05, 3.63) is 30.3 Å². The molecule has 7 heteroatoms. The molecule has 1 unspecified atom stereocenters. The third-order valence-corrected chi connectivity index (χ3v) is 6.84. The van der Waals surface area contributed by atoms with E-state index >= 15 is 0 Å². The minimum Gasteiger partial charge on any atom is -0.381 e. The van der Waals surface area contributed by atoms with Gasteiger partial charge in [0, 0.05) is 26.3 Å². The molecule has 1 atom stereocenters. The molecule has 6 nitrogen and oxygen atoms in total. The van der Waals surface area contributed by atoms with Crippen LogP contribution < -0.4 is 5.32 Å². The summed E-state index contributed by atoms with van der Waals surface area (Å²) in [5, 5.41) is 2.88. The van der Waals surface area contributed by atoms with Crippen LogP contribution in [0.1, 0.15) is 38.5 Å². The fraction of sp³-hybridized carbons (Fsp3) is 0.632. The maximum absolute atomic E-state index is 12.9. The zero-order chi connectivity index (χ0) is 18.4. The largest absolute Gasteiger partial charge is 0.381 e. The number of carbonyl (C=O) groups is 1. The van der Waals surface area contributed by atoms with Crippen molar-refractivity contribution in [1.29, 1.82) is 0 Å². The molecule has 0 bridgehead atoms. The van der Waals surface area contributed by atoms with E-state index in [4.69, 9.17) is 4.74 Å². The van der Waals surface area contributed by atoms with Crippen molar-refractivity contribution in [3.8, 4) is 0 Å². The SMILES string of the molecule is O=C(NCCCOCC1CC1)C1CCCCN1S(=O)(=O)c1ccccc1. The molecule has 1 aliphatic heterocycles. The smallest absolute Gasteiger partial charge is 0.243 e. The van der Waals surface area contributed by atoms with E-state index in [0.717, 1.165) is 31.8 Å². The first-order chi connectivity index (χ1) is 12.6. The van der Waals surface area contributed by atoms with E-state index in [0.29, 0.717) is 26.1 Å². The van der Waals surface area contributed by atoms with E-state index in [9.17, 15) is 13.2 Å². The normalized spacial score (nSPS) is 21.5. The van der Waals surface area contributed by atoms with Gasteiger partial charge in [-0.15, -0.1) is 0 Å². The Labute approximate surface area is 156 Å². The number of benzene rings is 1. The summed E-state index contributed by atoms with van der Waals surface area (Å²) in [6.07, 6.45) is 5.50. The molecule has 0 radical (unpaired) electrons. The summed E-state index contributed by atoms with van der Waals surface area (Å²) < 4.78 is 32.8. The number of hydrogen-bond acceptors (Lipinski definition) is 4. The first kappa shape index (κ1) is 19.3. The number of nitrogens with one attached hydrogen (secondary N) is 1. The standard InChI is InChI=1S/C19H28N2O4S/c22-19(20-12-6-14-25-15-16-10-11-16)18-9-4-5-13-21(18)26(23,24)17-7-2-1-3-8-17/h1-3,7-8,16,18H,4-6,9-15H2,(H,20,22). The molecule has 1 aromatic carbocycles. The lowest BCUT2D eigenvalue weighted by atomic mass is 10.0. The molecule has 26 heavy (non-hydrogen) atoms. The van der Waals surface area contributed by atoms with Gasteiger partial charge < -0.3 is 10.1 Å². The number of rotatable bonds is 9. The number of piperidine rings is 1. The van der Waals surface area contributed by atoms with Crippen LogP contribution in [0.5, 0.6) is 0 Å². The summed E-state index contributed by atoms with van der Waals surface area (Å²) in [5.41, 5.74) is 0. The van der Waals surface area contributed by atoms with E-state index < -0.39 is 16.1 Å². The number of hydrogen-bond donors (Lipinski definition) is 1. The van der Waals surface area contributed by atoms with Gasteiger partial charge in [0.15, 0.2) is 0 Å². The molecule has 1 saturated heterocycles. The highest BCUT2D eigenvalue weighted by Gasteiger charge is 2.37. The van der Waals surface area contributed by atoms with Crippen LogP contribution in [0.4, 0.5) is 0 Å². The quantitative estimate of drug-likeness (QED) is 0.666. The molecule has 1 saturated carbocycles. The van der Waals surface area contributed by atoms with Gasteiger partial charge >= 0.3 is 0 Å². The highest BCUT2D eigenvalue weighted by molar-refractivity contribution is 7.89. The minimum absolute atomic E-state index is 0.202. The van der Waals surface area contributed by atoms with Gasteiger partial charge in [0.1, 0.15) is 6.04 Å². The van der Waals surface area contributed by atoms with E-state index in [1.165, 1.54) is 17.1 Å². The number of nitrogens with zero attached hydrogens (tertiary/aromatic N) is 1. The molecule has 3 rings (SSSR count). The van der Waals surface area contributed by atoms with Crippen LogP contribution in [0.25, 0.3) is 0 Å². The van der Waals surface area contributed by atoms with Gasteiger partial charge in [0.25, 0.3) is 0 Å². The third kappa shape index (κ3) is 5.05. The Kier molecular flexibility index (Phi) is 6.67. The Bertz CT molecular complexity index is 689. The number of carbonyl (C=O) groups excluding carboxylic acids is 1. The lowest BCUT2D eigenvalue weighted by Gasteiger charge is -2.33. The second-order valence-corrected chi connectivity index (χ2v) is 8.99. The monoisotopic (exact) mass is 380 g/mol. The molecule has 2 aliphatic rings. The van der Waals surface area contributed by atoms with Gasteiger partial charge in [-0.25, -0.2) is 8.42 Å². The molecule has 0 aromatic heterocycles. The Morgan fingerprint density at radius 2 is 1.92 bits per heavy atom. The highest BCUT2D eigenvalue weighted by atomic mass is 32.2. The van der Waals surface area contributed by atoms with Crippen LogP contribution >= 0.6 is 0 Å². The number of ether oxygens (including phenoxy) is 1. The lowest BCUT2D eigenvalue weighted by molar-refractivity contribution is -0.125. The molecular weight excluding hydrogens is 352 g/mol. The zero-order valence-electron chi connectivity index (χ0n) is 15.1. The number of amides is 1. The predicted octanol–water partition coefficient (Wildman–Crippen LogP) is 2.16. The molecule has 144 valence electrons. The molecule has 1 aliphatic carbocycles. The summed E-state index contributed by atoms with van der Waals surface area (Å²) in [6, 6.07) is 7.72. The summed E-state index contributed by atoms with van der Waals surface area (Å²) in [4.78, 5) is 12.8. The van der Waals surface area contributed by atoms with Crippen molar-refractivity contribution in [2.75, 3.05) is 26.3 Å². The van der Waals surface area contributed by atoms with Crippen molar-refractivity contribution in [2.45, 2.75) is 49.5 Å². The highest BCUT2D eigenvalue weighted by Crippen LogP contribution is 2.28. The molecule has 1 aromatic rings. The van der Waals surface area contributed by atoms with Gasteiger partial charge in [-0.2, -0.15) is 4.31 Å². The van der Waals surface area contributed by atoms with E-state index in [-0.39, 0.29) is 10.8 Å². The van der Waals surface area contributed by atoms with Crippen LogP contribution in [0.15, 0.2) is 35.2 Å². The summed E-state index contributed by atoms with van der Waals surface area (Å²) in [7, 11) is -3.65. The average molecular weight is 381 g/mol. The van der Waals surface area contributed by atoms with Crippen molar-refractivity contribution in [1.82, 2.24) is 9.62 Å². The average Bonchev–Trinajstić information content (AvgIpc) is 3.49. The van der Waals surface area contributed by atoms with Crippen molar-refractivity contribution in [2.24, 2.45) is 5.92 Å². The topological polar surface area (TPSA) is 75.7 Å². The second kappa shape index (κ2) is 8.97. The maximum atomic E-state index is 12.9. The second-order valence-electron chi connectivity index (χ2n) is 7.10. The summed E-state index contributed by atoms with van der Waals surface area (Å²) in [5.74, 6) is 0.537. The van der Waals surface area contributed by atoms with Crippen LogP contribution in [0.3, 0.4) is 0 Å².